The third-order valence-corrected chi connectivity index (χ3v) is 4.06. The monoisotopic (exact) mass is 407 g/mol. The molecule has 0 aliphatic rings. The van der Waals surface area contributed by atoms with Gasteiger partial charge in [-0.3, -0.25) is 4.79 Å². The molecular formula is C19H24BrN2O3+. The first-order valence-corrected chi connectivity index (χ1v) is 9.09. The predicted octanol–water partition coefficient (Wildman–Crippen LogP) is 2.38. The normalized spacial score (nSPS) is 11.6. The van der Waals surface area contributed by atoms with Crippen molar-refractivity contribution in [3.63, 3.8) is 0 Å². The maximum absolute atomic E-state index is 12.2. The summed E-state index contributed by atoms with van der Waals surface area (Å²) in [5.74, 6) is 1.47. The van der Waals surface area contributed by atoms with Crippen LogP contribution >= 0.6 is 15.9 Å². The largest absolute Gasteiger partial charge is 0.492 e. The maximum Gasteiger partial charge on any atom is 0.279 e. The van der Waals surface area contributed by atoms with Gasteiger partial charge in [0.25, 0.3) is 5.91 Å². The van der Waals surface area contributed by atoms with E-state index in [2.05, 4.69) is 21.2 Å². The third kappa shape index (κ3) is 6.76. The minimum absolute atomic E-state index is 0.0479. The molecule has 0 saturated carbocycles. The second-order valence-corrected chi connectivity index (χ2v) is 6.58. The molecule has 2 aromatic rings. The molecule has 6 heteroatoms. The maximum atomic E-state index is 12.2. The molecule has 0 aliphatic heterocycles. The highest BCUT2D eigenvalue weighted by Gasteiger charge is 2.12. The van der Waals surface area contributed by atoms with Crippen LogP contribution in [0.15, 0.2) is 53.0 Å². The lowest BCUT2D eigenvalue weighted by molar-refractivity contribution is -0.871. The van der Waals surface area contributed by atoms with Gasteiger partial charge >= 0.3 is 0 Å². The van der Waals surface area contributed by atoms with Crippen LogP contribution in [0.5, 0.6) is 11.5 Å². The second kappa shape index (κ2) is 10.1. The topological polar surface area (TPSA) is 52.0 Å². The number of halogens is 1. The average Bonchev–Trinajstić information content (AvgIpc) is 2.58. The van der Waals surface area contributed by atoms with Crippen LogP contribution in [0.2, 0.25) is 0 Å². The summed E-state index contributed by atoms with van der Waals surface area (Å²) in [6, 6.07) is 15.2. The highest BCUT2D eigenvalue weighted by molar-refractivity contribution is 9.10. The van der Waals surface area contributed by atoms with Crippen LogP contribution in [-0.2, 0) is 4.79 Å². The molecule has 1 atom stereocenters. The van der Waals surface area contributed by atoms with E-state index >= 15 is 0 Å². The van der Waals surface area contributed by atoms with E-state index in [1.54, 1.807) is 0 Å². The number of quaternary nitrogens is 1. The summed E-state index contributed by atoms with van der Waals surface area (Å²) in [5, 5.41) is 2.91. The Morgan fingerprint density at radius 2 is 1.84 bits per heavy atom. The summed E-state index contributed by atoms with van der Waals surface area (Å²) in [4.78, 5) is 13.3. The van der Waals surface area contributed by atoms with Crippen molar-refractivity contribution in [3.05, 3.63) is 53.0 Å². The van der Waals surface area contributed by atoms with E-state index in [0.717, 1.165) is 21.7 Å². The van der Waals surface area contributed by atoms with Crippen molar-refractivity contribution in [2.24, 2.45) is 0 Å². The van der Waals surface area contributed by atoms with Crippen molar-refractivity contribution in [2.75, 3.05) is 38.7 Å². The summed E-state index contributed by atoms with van der Waals surface area (Å²) in [7, 11) is 1.97. The van der Waals surface area contributed by atoms with Gasteiger partial charge in [-0.2, -0.15) is 0 Å². The van der Waals surface area contributed by atoms with Crippen LogP contribution in [0.3, 0.4) is 0 Å². The SMILES string of the molecule is CCOc1ccccc1NC(=O)C[NH+](C)CCOc1ccc(Br)cc1. The summed E-state index contributed by atoms with van der Waals surface area (Å²) < 4.78 is 12.2. The van der Waals surface area contributed by atoms with Crippen LogP contribution in [0.25, 0.3) is 0 Å². The van der Waals surface area contributed by atoms with Gasteiger partial charge < -0.3 is 19.7 Å². The van der Waals surface area contributed by atoms with E-state index < -0.39 is 0 Å². The van der Waals surface area contributed by atoms with Crippen molar-refractivity contribution in [3.8, 4) is 11.5 Å². The van der Waals surface area contributed by atoms with E-state index in [1.807, 2.05) is 62.5 Å². The number of para-hydroxylation sites is 2. The smallest absolute Gasteiger partial charge is 0.279 e. The zero-order valence-corrected chi connectivity index (χ0v) is 16.1. The number of carbonyl (C=O) groups excluding carboxylic acids is 1. The lowest BCUT2D eigenvalue weighted by Crippen LogP contribution is -3.10. The molecule has 0 bridgehead atoms. The Morgan fingerprint density at radius 3 is 2.56 bits per heavy atom. The number of anilines is 1. The molecule has 0 saturated heterocycles. The van der Waals surface area contributed by atoms with E-state index in [-0.39, 0.29) is 5.91 Å². The Balaban J connectivity index is 1.75. The molecule has 0 heterocycles. The number of carbonyl (C=O) groups is 1. The molecule has 0 aromatic heterocycles. The van der Waals surface area contributed by atoms with Gasteiger partial charge in [-0.05, 0) is 43.3 Å². The zero-order chi connectivity index (χ0) is 18.1. The Kier molecular flexibility index (Phi) is 7.76. The van der Waals surface area contributed by atoms with Gasteiger partial charge in [0.05, 0.1) is 19.3 Å². The summed E-state index contributed by atoms with van der Waals surface area (Å²) in [6.07, 6.45) is 0. The standard InChI is InChI=1S/C19H23BrN2O3/c1-3-24-18-7-5-4-6-17(18)21-19(23)14-22(2)12-13-25-16-10-8-15(20)9-11-16/h4-11H,3,12-14H2,1-2H3,(H,21,23)/p+1. The number of hydrogen-bond acceptors (Lipinski definition) is 3. The second-order valence-electron chi connectivity index (χ2n) is 5.66. The fourth-order valence-corrected chi connectivity index (χ4v) is 2.55. The van der Waals surface area contributed by atoms with Gasteiger partial charge in [0.2, 0.25) is 0 Å². The quantitative estimate of drug-likeness (QED) is 0.670. The van der Waals surface area contributed by atoms with E-state index in [1.165, 1.54) is 0 Å². The fraction of sp³-hybridized carbons (Fsp3) is 0.316. The average molecular weight is 408 g/mol. The van der Waals surface area contributed by atoms with Crippen molar-refractivity contribution in [2.45, 2.75) is 6.92 Å². The van der Waals surface area contributed by atoms with Crippen LogP contribution in [0.4, 0.5) is 5.69 Å². The molecule has 2 rings (SSSR count). The van der Waals surface area contributed by atoms with Gasteiger partial charge in [-0.1, -0.05) is 28.1 Å². The van der Waals surface area contributed by atoms with Crippen molar-refractivity contribution in [1.29, 1.82) is 0 Å². The van der Waals surface area contributed by atoms with E-state index in [4.69, 9.17) is 9.47 Å². The molecule has 2 N–H and O–H groups in total. The highest BCUT2D eigenvalue weighted by atomic mass is 79.9. The first kappa shape index (κ1) is 19.3. The number of nitrogens with one attached hydrogen (secondary N) is 2. The first-order chi connectivity index (χ1) is 12.1. The molecule has 0 fully saturated rings. The molecule has 134 valence electrons. The molecule has 25 heavy (non-hydrogen) atoms. The zero-order valence-electron chi connectivity index (χ0n) is 14.5. The molecule has 5 nitrogen and oxygen atoms in total. The molecular weight excluding hydrogens is 384 g/mol. The molecule has 0 aliphatic carbocycles. The minimum Gasteiger partial charge on any atom is -0.492 e. The summed E-state index contributed by atoms with van der Waals surface area (Å²) in [6.45, 7) is 4.13. The number of ether oxygens (including phenoxy) is 2. The van der Waals surface area contributed by atoms with Gasteiger partial charge in [0, 0.05) is 4.47 Å². The molecule has 0 radical (unpaired) electrons. The molecule has 2 aromatic carbocycles. The van der Waals surface area contributed by atoms with Crippen LogP contribution in [0.1, 0.15) is 6.92 Å². The molecule has 0 spiro atoms. The van der Waals surface area contributed by atoms with E-state index in [9.17, 15) is 4.79 Å². The van der Waals surface area contributed by atoms with Crippen molar-refractivity contribution >= 4 is 27.5 Å². The Hall–Kier alpha value is -2.05. The lowest BCUT2D eigenvalue weighted by Gasteiger charge is -2.15. The number of rotatable bonds is 9. The minimum atomic E-state index is -0.0479. The number of hydrogen-bond donors (Lipinski definition) is 2. The van der Waals surface area contributed by atoms with Crippen LogP contribution in [0, 0.1) is 0 Å². The summed E-state index contributed by atoms with van der Waals surface area (Å²) in [5.41, 5.74) is 0.702. The number of benzene rings is 2. The Labute approximate surface area is 157 Å². The fourth-order valence-electron chi connectivity index (χ4n) is 2.28. The third-order valence-electron chi connectivity index (χ3n) is 3.53. The van der Waals surface area contributed by atoms with E-state index in [0.29, 0.717) is 31.2 Å². The van der Waals surface area contributed by atoms with Crippen LogP contribution in [-0.4, -0.2) is 39.3 Å². The number of likely N-dealkylation sites (N-methyl/N-ethyl adjacent to an activating group) is 1. The number of amides is 1. The van der Waals surface area contributed by atoms with Gasteiger partial charge in [0.15, 0.2) is 6.54 Å². The van der Waals surface area contributed by atoms with Gasteiger partial charge in [-0.15, -0.1) is 0 Å². The Morgan fingerprint density at radius 1 is 1.12 bits per heavy atom. The lowest BCUT2D eigenvalue weighted by atomic mass is 10.3. The van der Waals surface area contributed by atoms with Gasteiger partial charge in [-0.25, -0.2) is 0 Å². The Bertz CT molecular complexity index is 677. The summed E-state index contributed by atoms with van der Waals surface area (Å²) >= 11 is 3.39. The van der Waals surface area contributed by atoms with Crippen molar-refractivity contribution < 1.29 is 19.2 Å². The predicted molar refractivity (Wildman–Crippen MR) is 102 cm³/mol. The molecule has 1 unspecified atom stereocenters. The van der Waals surface area contributed by atoms with Crippen molar-refractivity contribution in [1.82, 2.24) is 0 Å². The molecule has 1 amide bonds. The first-order valence-electron chi connectivity index (χ1n) is 8.30. The van der Waals surface area contributed by atoms with Crippen LogP contribution < -0.4 is 19.7 Å². The van der Waals surface area contributed by atoms with Gasteiger partial charge in [0.1, 0.15) is 24.7 Å². The highest BCUT2D eigenvalue weighted by Crippen LogP contribution is 2.23.